The first kappa shape index (κ1) is 23.2. The maximum atomic E-state index is 13.6. The van der Waals surface area contributed by atoms with Crippen LogP contribution in [0.1, 0.15) is 29.2 Å². The van der Waals surface area contributed by atoms with Crippen LogP contribution in [0.5, 0.6) is 11.5 Å². The van der Waals surface area contributed by atoms with E-state index in [-0.39, 0.29) is 17.0 Å². The van der Waals surface area contributed by atoms with Gasteiger partial charge in [0.25, 0.3) is 15.7 Å². The van der Waals surface area contributed by atoms with Gasteiger partial charge in [-0.15, -0.1) is 0 Å². The van der Waals surface area contributed by atoms with Gasteiger partial charge in [0.05, 0.1) is 35.8 Å². The van der Waals surface area contributed by atoms with E-state index in [4.69, 9.17) is 9.47 Å². The number of nitro groups is 1. The largest absolute Gasteiger partial charge is 0.493 e. The van der Waals surface area contributed by atoms with Gasteiger partial charge < -0.3 is 9.47 Å². The number of aryl methyl sites for hydroxylation is 1. The minimum Gasteiger partial charge on any atom is -0.493 e. The van der Waals surface area contributed by atoms with Crippen LogP contribution in [0.3, 0.4) is 0 Å². The second-order valence-electron chi connectivity index (χ2n) is 7.78. The van der Waals surface area contributed by atoms with Crippen LogP contribution in [0.15, 0.2) is 76.7 Å². The number of ether oxygens (including phenoxy) is 2. The average Bonchev–Trinajstić information content (AvgIpc) is 3.30. The molecule has 3 aromatic rings. The number of hydrogen-bond acceptors (Lipinski definition) is 7. The zero-order valence-electron chi connectivity index (χ0n) is 18.8. The van der Waals surface area contributed by atoms with Crippen molar-refractivity contribution in [1.82, 2.24) is 4.41 Å². The van der Waals surface area contributed by atoms with Crippen molar-refractivity contribution in [2.75, 3.05) is 14.2 Å². The zero-order chi connectivity index (χ0) is 24.5. The van der Waals surface area contributed by atoms with Gasteiger partial charge in [-0.1, -0.05) is 29.8 Å². The third-order valence-corrected chi connectivity index (χ3v) is 7.32. The Morgan fingerprint density at radius 3 is 2.35 bits per heavy atom. The topological polar surface area (TPSA) is 111 Å². The number of nitro benzene ring substituents is 1. The van der Waals surface area contributed by atoms with Crippen molar-refractivity contribution < 1.29 is 22.8 Å². The molecule has 0 unspecified atom stereocenters. The molecule has 0 spiro atoms. The highest BCUT2D eigenvalue weighted by molar-refractivity contribution is 7.89. The van der Waals surface area contributed by atoms with E-state index >= 15 is 0 Å². The number of nitrogens with zero attached hydrogens (tertiary/aromatic N) is 3. The van der Waals surface area contributed by atoms with Crippen LogP contribution in [-0.2, 0) is 10.0 Å². The molecule has 9 nitrogen and oxygen atoms in total. The van der Waals surface area contributed by atoms with E-state index in [0.717, 1.165) is 9.98 Å². The molecule has 0 saturated heterocycles. The van der Waals surface area contributed by atoms with Crippen LogP contribution in [0.4, 0.5) is 5.69 Å². The summed E-state index contributed by atoms with van der Waals surface area (Å²) < 4.78 is 38.9. The summed E-state index contributed by atoms with van der Waals surface area (Å²) in [4.78, 5) is 10.9. The smallest absolute Gasteiger partial charge is 0.279 e. The molecule has 1 atom stereocenters. The molecule has 0 aliphatic carbocycles. The standard InChI is InChI=1S/C24H23N3O6S/c1-16-7-10-20(11-8-16)34(30,31)26-22(18-5-4-6-19(13-18)27(28)29)15-21(25-26)17-9-12-23(32-2)24(14-17)33-3/h4-14,22H,15H2,1-3H3/t22-/m1/s1. The number of methoxy groups -OCH3 is 2. The van der Waals surface area contributed by atoms with Crippen LogP contribution in [0.2, 0.25) is 0 Å². The molecular weight excluding hydrogens is 458 g/mol. The molecule has 1 aliphatic rings. The molecule has 34 heavy (non-hydrogen) atoms. The highest BCUT2D eigenvalue weighted by Crippen LogP contribution is 2.39. The van der Waals surface area contributed by atoms with E-state index < -0.39 is 21.0 Å². The summed E-state index contributed by atoms with van der Waals surface area (Å²) in [7, 11) is -0.997. The van der Waals surface area contributed by atoms with Crippen molar-refractivity contribution >= 4 is 21.4 Å². The Balaban J connectivity index is 1.82. The Morgan fingerprint density at radius 1 is 1.00 bits per heavy atom. The second-order valence-corrected chi connectivity index (χ2v) is 9.57. The fraction of sp³-hybridized carbons (Fsp3) is 0.208. The summed E-state index contributed by atoms with van der Waals surface area (Å²) >= 11 is 0. The molecule has 0 bridgehead atoms. The van der Waals surface area contributed by atoms with E-state index in [0.29, 0.717) is 28.3 Å². The third kappa shape index (κ3) is 4.32. The van der Waals surface area contributed by atoms with Gasteiger partial charge in [0.1, 0.15) is 0 Å². The highest BCUT2D eigenvalue weighted by Gasteiger charge is 2.38. The monoisotopic (exact) mass is 481 g/mol. The van der Waals surface area contributed by atoms with Gasteiger partial charge >= 0.3 is 0 Å². The lowest BCUT2D eigenvalue weighted by atomic mass is 9.98. The van der Waals surface area contributed by atoms with Gasteiger partial charge in [0.15, 0.2) is 11.5 Å². The van der Waals surface area contributed by atoms with Crippen molar-refractivity contribution in [3.05, 3.63) is 93.5 Å². The molecule has 10 heteroatoms. The molecule has 0 radical (unpaired) electrons. The summed E-state index contributed by atoms with van der Waals surface area (Å²) in [6.45, 7) is 1.87. The van der Waals surface area contributed by atoms with Crippen molar-refractivity contribution in [2.24, 2.45) is 5.10 Å². The summed E-state index contributed by atoms with van der Waals surface area (Å²) in [5, 5.41) is 15.8. The summed E-state index contributed by atoms with van der Waals surface area (Å²) in [6, 6.07) is 16.9. The van der Waals surface area contributed by atoms with Gasteiger partial charge in [-0.25, -0.2) is 0 Å². The van der Waals surface area contributed by atoms with Gasteiger partial charge in [-0.05, 0) is 42.8 Å². The summed E-state index contributed by atoms with van der Waals surface area (Å²) in [5.74, 6) is 1.01. The van der Waals surface area contributed by atoms with Crippen LogP contribution < -0.4 is 9.47 Å². The fourth-order valence-corrected chi connectivity index (χ4v) is 5.25. The van der Waals surface area contributed by atoms with E-state index in [1.54, 1.807) is 42.5 Å². The summed E-state index contributed by atoms with van der Waals surface area (Å²) in [5.41, 5.74) is 2.45. The van der Waals surface area contributed by atoms with Crippen molar-refractivity contribution in [3.63, 3.8) is 0 Å². The van der Waals surface area contributed by atoms with Crippen LogP contribution in [-0.4, -0.2) is 37.7 Å². The molecule has 0 amide bonds. The van der Waals surface area contributed by atoms with E-state index in [2.05, 4.69) is 5.10 Å². The van der Waals surface area contributed by atoms with Crippen molar-refractivity contribution in [1.29, 1.82) is 0 Å². The Bertz CT molecular complexity index is 1370. The lowest BCUT2D eigenvalue weighted by Crippen LogP contribution is -2.27. The Kier molecular flexibility index (Phi) is 6.25. The van der Waals surface area contributed by atoms with E-state index in [9.17, 15) is 18.5 Å². The van der Waals surface area contributed by atoms with E-state index in [1.165, 1.54) is 38.5 Å². The normalized spacial score (nSPS) is 15.7. The first-order valence-electron chi connectivity index (χ1n) is 10.4. The third-order valence-electron chi connectivity index (χ3n) is 5.62. The van der Waals surface area contributed by atoms with Crippen LogP contribution in [0.25, 0.3) is 0 Å². The SMILES string of the molecule is COc1ccc(C2=NN(S(=O)(=O)c3ccc(C)cc3)[C@@H](c3cccc([N+](=O)[O-])c3)C2)cc1OC. The van der Waals surface area contributed by atoms with E-state index in [1.807, 2.05) is 6.92 Å². The molecule has 0 fully saturated rings. The molecule has 0 N–H and O–H groups in total. The minimum absolute atomic E-state index is 0.0887. The molecule has 0 aromatic heterocycles. The zero-order valence-corrected chi connectivity index (χ0v) is 19.7. The molecule has 1 aliphatic heterocycles. The number of hydrogen-bond donors (Lipinski definition) is 0. The predicted octanol–water partition coefficient (Wildman–Crippen LogP) is 4.46. The second kappa shape index (κ2) is 9.14. The number of rotatable bonds is 7. The predicted molar refractivity (Wildman–Crippen MR) is 127 cm³/mol. The molecule has 4 rings (SSSR count). The number of benzene rings is 3. The minimum atomic E-state index is -4.04. The maximum absolute atomic E-state index is 13.6. The van der Waals surface area contributed by atoms with Crippen molar-refractivity contribution in [3.8, 4) is 11.5 Å². The molecular formula is C24H23N3O6S. The highest BCUT2D eigenvalue weighted by atomic mass is 32.2. The molecule has 3 aromatic carbocycles. The number of sulfonamides is 1. The first-order chi connectivity index (χ1) is 16.2. The lowest BCUT2D eigenvalue weighted by molar-refractivity contribution is -0.384. The Morgan fingerprint density at radius 2 is 1.71 bits per heavy atom. The van der Waals surface area contributed by atoms with Crippen molar-refractivity contribution in [2.45, 2.75) is 24.3 Å². The fourth-order valence-electron chi connectivity index (χ4n) is 3.81. The average molecular weight is 482 g/mol. The van der Waals surface area contributed by atoms with Gasteiger partial charge in [-0.2, -0.15) is 17.9 Å². The quantitative estimate of drug-likeness (QED) is 0.364. The Hall–Kier alpha value is -3.92. The van der Waals surface area contributed by atoms with Crippen LogP contribution in [0, 0.1) is 17.0 Å². The first-order valence-corrected chi connectivity index (χ1v) is 11.8. The number of hydrazone groups is 1. The van der Waals surface area contributed by atoms with Gasteiger partial charge in [0.2, 0.25) is 0 Å². The van der Waals surface area contributed by atoms with Gasteiger partial charge in [0, 0.05) is 24.1 Å². The number of non-ortho nitro benzene ring substituents is 1. The van der Waals surface area contributed by atoms with Crippen LogP contribution >= 0.6 is 0 Å². The summed E-state index contributed by atoms with van der Waals surface area (Å²) in [6.07, 6.45) is 0.224. The lowest BCUT2D eigenvalue weighted by Gasteiger charge is -2.23. The molecule has 1 heterocycles. The van der Waals surface area contributed by atoms with Gasteiger partial charge in [-0.3, -0.25) is 10.1 Å². The molecule has 0 saturated carbocycles. The maximum Gasteiger partial charge on any atom is 0.279 e. The molecule has 176 valence electrons. The Labute approximate surface area is 197 Å².